The molecule has 1 aromatic heterocycles. The topological polar surface area (TPSA) is 54.3 Å². The molecule has 110 valence electrons. The number of hydrogen-bond acceptors (Lipinski definition) is 3. The Bertz CT molecular complexity index is 625. The molecule has 0 bridgehead atoms. The molecule has 0 spiro atoms. The molecule has 6 heteroatoms. The van der Waals surface area contributed by atoms with E-state index >= 15 is 0 Å². The van der Waals surface area contributed by atoms with Crippen molar-refractivity contribution in [2.75, 3.05) is 0 Å². The second-order valence-electron chi connectivity index (χ2n) is 5.09. The smallest absolute Gasteiger partial charge is 0.768 e. The van der Waals surface area contributed by atoms with Gasteiger partial charge in [-0.3, -0.25) is 4.21 Å². The summed E-state index contributed by atoms with van der Waals surface area (Å²) in [5.74, 6) is 0.631. The third-order valence-electron chi connectivity index (χ3n) is 3.13. The van der Waals surface area contributed by atoms with Crippen LogP contribution in [0.25, 0.3) is 10.9 Å². The number of nitrogens with zero attached hydrogens (tertiary/aromatic N) is 1. The van der Waals surface area contributed by atoms with Gasteiger partial charge >= 0.3 is 29.6 Å². The Balaban J connectivity index is 0.00000220. The first-order chi connectivity index (χ1) is 9.54. The van der Waals surface area contributed by atoms with Gasteiger partial charge in [0.15, 0.2) is 0 Å². The van der Waals surface area contributed by atoms with Crippen LogP contribution in [0.15, 0.2) is 29.3 Å². The third-order valence-corrected chi connectivity index (χ3v) is 3.80. The number of ether oxygens (including phenoxy) is 1. The van der Waals surface area contributed by atoms with Crippen molar-refractivity contribution in [2.24, 2.45) is 0 Å². The summed E-state index contributed by atoms with van der Waals surface area (Å²) in [6.07, 6.45) is 3.80. The van der Waals surface area contributed by atoms with Crippen LogP contribution >= 0.6 is 0 Å². The van der Waals surface area contributed by atoms with E-state index in [-0.39, 0.29) is 35.7 Å². The molecule has 4 nitrogen and oxygen atoms in total. The first-order valence-electron chi connectivity index (χ1n) is 6.92. The Hall–Kier alpha value is -0.330. The molecule has 1 unspecified atom stereocenters. The number of aryl methyl sites for hydroxylation is 1. The predicted octanol–water partition coefficient (Wildman–Crippen LogP) is 0.471. The largest absolute Gasteiger partial charge is 1.00 e. The quantitative estimate of drug-likeness (QED) is 0.575. The Morgan fingerprint density at radius 1 is 1.38 bits per heavy atom. The molecule has 0 saturated carbocycles. The fourth-order valence-electron chi connectivity index (χ4n) is 2.27. The maximum Gasteiger partial charge on any atom is 1.00 e. The molecule has 0 N–H and O–H groups in total. The van der Waals surface area contributed by atoms with E-state index in [4.69, 9.17) is 4.74 Å². The van der Waals surface area contributed by atoms with E-state index in [0.717, 1.165) is 24.9 Å². The van der Waals surface area contributed by atoms with Gasteiger partial charge in [-0.2, -0.15) is 0 Å². The maximum atomic E-state index is 11.5. The number of unbranched alkanes of at least 4 members (excludes halogenated alkanes) is 1. The van der Waals surface area contributed by atoms with Crippen LogP contribution in [0.1, 0.15) is 33.6 Å². The summed E-state index contributed by atoms with van der Waals surface area (Å²) in [5, 5.41) is 0.686. The second kappa shape index (κ2) is 8.34. The average molecular weight is 317 g/mol. The van der Waals surface area contributed by atoms with E-state index in [9.17, 15) is 8.76 Å². The van der Waals surface area contributed by atoms with Crippen molar-refractivity contribution >= 4 is 22.0 Å². The summed E-state index contributed by atoms with van der Waals surface area (Å²) >= 11 is -2.26. The van der Waals surface area contributed by atoms with Gasteiger partial charge in [0, 0.05) is 12.7 Å². The first kappa shape index (κ1) is 18.7. The summed E-state index contributed by atoms with van der Waals surface area (Å²) in [5.41, 5.74) is 0.913. The zero-order valence-corrected chi connectivity index (χ0v) is 15.9. The predicted molar refractivity (Wildman–Crippen MR) is 79.8 cm³/mol. The number of aromatic nitrogens is 1. The summed E-state index contributed by atoms with van der Waals surface area (Å²) < 4.78 is 30.7. The van der Waals surface area contributed by atoms with Crippen LogP contribution in [0, 0.1) is 0 Å². The molecule has 0 amide bonds. The monoisotopic (exact) mass is 317 g/mol. The van der Waals surface area contributed by atoms with Gasteiger partial charge < -0.3 is 13.9 Å². The second-order valence-corrected chi connectivity index (χ2v) is 6.00. The molecule has 2 rings (SSSR count). The number of hydrogen-bond donors (Lipinski definition) is 0. The van der Waals surface area contributed by atoms with Crippen molar-refractivity contribution in [3.63, 3.8) is 0 Å². The summed E-state index contributed by atoms with van der Waals surface area (Å²) in [6.45, 7) is 6.79. The van der Waals surface area contributed by atoms with E-state index in [1.165, 1.54) is 0 Å². The molecule has 0 aliphatic rings. The number of benzene rings is 1. The van der Waals surface area contributed by atoms with Crippen molar-refractivity contribution in [3.05, 3.63) is 24.4 Å². The van der Waals surface area contributed by atoms with Crippen LogP contribution in [-0.4, -0.2) is 19.4 Å². The van der Waals surface area contributed by atoms with Crippen molar-refractivity contribution in [3.8, 4) is 5.75 Å². The van der Waals surface area contributed by atoms with Gasteiger partial charge in [-0.1, -0.05) is 19.4 Å². The van der Waals surface area contributed by atoms with Crippen LogP contribution in [0.2, 0.25) is 0 Å². The van der Waals surface area contributed by atoms with Gasteiger partial charge in [0.2, 0.25) is 0 Å². The standard InChI is InChI=1S/C15H21NO3S.Na/c1-4-5-9-16-10-14(20(17)18)15-12(16)7-6-8-13(15)19-11(2)3;/h6-8,10-11H,4-5,9H2,1-3H3,(H,17,18);/q;+1/p-1. The minimum atomic E-state index is -2.26. The minimum absolute atomic E-state index is 0. The SMILES string of the molecule is CCCCn1cc(S(=O)[O-])c2c(OC(C)C)cccc21.[Na+]. The fraction of sp³-hybridized carbons (Fsp3) is 0.467. The molecule has 0 fully saturated rings. The summed E-state index contributed by atoms with van der Waals surface area (Å²) in [7, 11) is 0. The Labute approximate surface area is 150 Å². The Kier molecular flexibility index (Phi) is 7.44. The van der Waals surface area contributed by atoms with E-state index in [0.29, 0.717) is 16.0 Å². The molecule has 0 saturated heterocycles. The fourth-order valence-corrected chi connectivity index (χ4v) is 2.86. The minimum Gasteiger partial charge on any atom is -0.768 e. The Morgan fingerprint density at radius 2 is 2.10 bits per heavy atom. The van der Waals surface area contributed by atoms with Crippen LogP contribution < -0.4 is 34.3 Å². The van der Waals surface area contributed by atoms with Gasteiger partial charge in [-0.25, -0.2) is 0 Å². The zero-order valence-electron chi connectivity index (χ0n) is 13.1. The molecule has 1 aromatic carbocycles. The summed E-state index contributed by atoms with van der Waals surface area (Å²) in [4.78, 5) is 0.312. The van der Waals surface area contributed by atoms with E-state index in [2.05, 4.69) is 6.92 Å². The molecule has 1 atom stereocenters. The van der Waals surface area contributed by atoms with Crippen LogP contribution in [-0.2, 0) is 17.6 Å². The van der Waals surface area contributed by atoms with Gasteiger partial charge in [0.1, 0.15) is 5.75 Å². The number of rotatable bonds is 6. The Morgan fingerprint density at radius 3 is 2.67 bits per heavy atom. The van der Waals surface area contributed by atoms with E-state index in [1.54, 1.807) is 6.20 Å². The van der Waals surface area contributed by atoms with Crippen molar-refractivity contribution in [1.82, 2.24) is 4.57 Å². The van der Waals surface area contributed by atoms with Crippen molar-refractivity contribution in [2.45, 2.75) is 51.2 Å². The molecule has 2 aromatic rings. The number of fused-ring (bicyclic) bond motifs is 1. The maximum absolute atomic E-state index is 11.5. The zero-order chi connectivity index (χ0) is 14.7. The molecule has 0 aliphatic carbocycles. The molecule has 0 radical (unpaired) electrons. The van der Waals surface area contributed by atoms with E-state index < -0.39 is 11.1 Å². The molecule has 0 aliphatic heterocycles. The normalized spacial score (nSPS) is 12.4. The van der Waals surface area contributed by atoms with Crippen LogP contribution in [0.5, 0.6) is 5.75 Å². The van der Waals surface area contributed by atoms with Crippen LogP contribution in [0.3, 0.4) is 0 Å². The van der Waals surface area contributed by atoms with Crippen molar-refractivity contribution in [1.29, 1.82) is 0 Å². The van der Waals surface area contributed by atoms with Gasteiger partial charge in [-0.05, 0) is 43.5 Å². The summed E-state index contributed by atoms with van der Waals surface area (Å²) in [6, 6.07) is 5.66. The average Bonchev–Trinajstić information content (AvgIpc) is 2.76. The molecular weight excluding hydrogens is 297 g/mol. The third kappa shape index (κ3) is 4.33. The first-order valence-corrected chi connectivity index (χ1v) is 7.99. The van der Waals surface area contributed by atoms with Gasteiger partial charge in [0.05, 0.1) is 21.9 Å². The van der Waals surface area contributed by atoms with Crippen LogP contribution in [0.4, 0.5) is 0 Å². The molecular formula is C15H20NNaO3S. The van der Waals surface area contributed by atoms with Crippen molar-refractivity contribution < 1.29 is 43.1 Å². The molecule has 21 heavy (non-hydrogen) atoms. The molecule has 1 heterocycles. The van der Waals surface area contributed by atoms with Gasteiger partial charge in [0.25, 0.3) is 0 Å². The van der Waals surface area contributed by atoms with Gasteiger partial charge in [-0.15, -0.1) is 0 Å². The van der Waals surface area contributed by atoms with E-state index in [1.807, 2.05) is 36.6 Å².